The minimum Gasteiger partial charge on any atom is -0.497 e. The summed E-state index contributed by atoms with van der Waals surface area (Å²) in [4.78, 5) is 13.3. The van der Waals surface area contributed by atoms with E-state index in [1.165, 1.54) is 222 Å². The fraction of sp³-hybridized carbons (Fsp3) is 0.750. The van der Waals surface area contributed by atoms with Crippen molar-refractivity contribution in [2.45, 2.75) is 429 Å². The number of methoxy groups -OCH3 is 2. The van der Waals surface area contributed by atoms with Gasteiger partial charge in [-0.15, -0.1) is 0 Å². The van der Waals surface area contributed by atoms with Gasteiger partial charge in [0, 0.05) is 46.6 Å². The molecule has 0 heterocycles. The first-order valence-corrected chi connectivity index (χ1v) is 58.1. The third kappa shape index (κ3) is 61.1. The Hall–Kier alpha value is -5.20. The lowest BCUT2D eigenvalue weighted by molar-refractivity contribution is -0.149. The zero-order valence-electron chi connectivity index (χ0n) is 92.1. The van der Waals surface area contributed by atoms with Gasteiger partial charge in [-0.1, -0.05) is 419 Å². The van der Waals surface area contributed by atoms with Crippen molar-refractivity contribution >= 4 is 15.8 Å². The summed E-state index contributed by atoms with van der Waals surface area (Å²) in [6, 6.07) is 46.1. The van der Waals surface area contributed by atoms with Crippen LogP contribution in [0.3, 0.4) is 0 Å². The smallest absolute Gasteiger partial charge is 0.302 e. The van der Waals surface area contributed by atoms with E-state index < -0.39 is 27.2 Å². The number of carbonyl (C=O) groups excluding carboxylic acids is 1. The van der Waals surface area contributed by atoms with Gasteiger partial charge in [0.05, 0.1) is 72.0 Å². The summed E-state index contributed by atoms with van der Waals surface area (Å²) in [5, 5.41) is -0.836. The van der Waals surface area contributed by atoms with Gasteiger partial charge in [0.25, 0.3) is 0 Å². The molecule has 5 aromatic rings. The Morgan fingerprint density at radius 1 is 0.252 bits per heavy atom. The Morgan fingerprint density at radius 3 is 0.763 bits per heavy atom. The highest BCUT2D eigenvalue weighted by Crippen LogP contribution is 2.37. The molecule has 2 unspecified atom stereocenters. The molecule has 0 N–H and O–H groups in total. The van der Waals surface area contributed by atoms with Gasteiger partial charge in [-0.2, -0.15) is 0 Å². The van der Waals surface area contributed by atoms with Crippen LogP contribution in [0.4, 0.5) is 0 Å². The Bertz CT molecular complexity index is 3790. The van der Waals surface area contributed by atoms with Crippen molar-refractivity contribution in [3.63, 3.8) is 0 Å². The first kappa shape index (κ1) is 124. The van der Waals surface area contributed by atoms with Crippen LogP contribution in [-0.4, -0.2) is 118 Å². The molecule has 0 amide bonds. The van der Waals surface area contributed by atoms with E-state index in [0.29, 0.717) is 124 Å². The molecule has 0 fully saturated rings. The highest BCUT2D eigenvalue weighted by atomic mass is 32.2. The number of esters is 1. The summed E-state index contributed by atoms with van der Waals surface area (Å²) < 4.78 is 97.0. The fourth-order valence-corrected chi connectivity index (χ4v) is 22.6. The van der Waals surface area contributed by atoms with Gasteiger partial charge in [-0.3, -0.25) is 4.79 Å². The molecule has 794 valence electrons. The second-order valence-electron chi connectivity index (χ2n) is 45.0. The van der Waals surface area contributed by atoms with Gasteiger partial charge in [-0.25, -0.2) is 8.42 Å². The molecule has 0 bridgehead atoms. The summed E-state index contributed by atoms with van der Waals surface area (Å²) >= 11 is 0. The number of hydrogen-bond acceptors (Lipinski definition) is 14. The molecule has 0 saturated heterocycles. The van der Waals surface area contributed by atoms with Gasteiger partial charge in [-0.05, 0) is 205 Å². The van der Waals surface area contributed by atoms with Crippen LogP contribution in [0.2, 0.25) is 0 Å². The van der Waals surface area contributed by atoms with E-state index in [9.17, 15) is 13.2 Å². The summed E-state index contributed by atoms with van der Waals surface area (Å²) in [6.45, 7) is 48.4. The Balaban J connectivity index is 0.909. The highest BCUT2D eigenvalue weighted by molar-refractivity contribution is 7.92. The minimum atomic E-state index is -3.84. The first-order chi connectivity index (χ1) is 67.1. The predicted octanol–water partition coefficient (Wildman–Crippen LogP) is 33.2. The largest absolute Gasteiger partial charge is 0.497 e. The molecule has 0 aliphatic heterocycles. The average Bonchev–Trinajstić information content (AvgIpc) is 0.778. The van der Waals surface area contributed by atoms with Crippen molar-refractivity contribution in [1.29, 1.82) is 0 Å². The maximum atomic E-state index is 14.9. The van der Waals surface area contributed by atoms with E-state index >= 15 is 0 Å². The van der Waals surface area contributed by atoms with E-state index in [4.69, 9.17) is 52.1 Å². The van der Waals surface area contributed by atoms with E-state index in [-0.39, 0.29) is 24.0 Å². The molecule has 0 aromatic heterocycles. The second kappa shape index (κ2) is 77.3. The average molecular weight is 1960 g/mol. The van der Waals surface area contributed by atoms with Gasteiger partial charge in [0.2, 0.25) is 0 Å². The number of ether oxygens (including phenoxy) is 11. The van der Waals surface area contributed by atoms with Crippen LogP contribution in [0.15, 0.2) is 144 Å². The predicted molar refractivity (Wildman–Crippen MR) is 583 cm³/mol. The molecular formula is C124H208O14S. The molecule has 20 atom stereocenters. The van der Waals surface area contributed by atoms with Crippen molar-refractivity contribution in [2.75, 3.05) is 80.3 Å². The lowest BCUT2D eigenvalue weighted by Crippen LogP contribution is -2.45. The summed E-state index contributed by atoms with van der Waals surface area (Å²) in [6.07, 6.45) is 46.9. The quantitative estimate of drug-likeness (QED) is 0.0268. The van der Waals surface area contributed by atoms with Crippen LogP contribution in [0, 0.1) is 94.7 Å². The van der Waals surface area contributed by atoms with Gasteiger partial charge in [0.1, 0.15) is 35.1 Å². The molecule has 5 rings (SSSR count). The lowest BCUT2D eigenvalue weighted by atomic mass is 9.86. The van der Waals surface area contributed by atoms with Crippen LogP contribution in [0.5, 0.6) is 11.5 Å². The molecular weight excluding hydrogens is 1750 g/mol. The maximum Gasteiger partial charge on any atom is 0.302 e. The van der Waals surface area contributed by atoms with Crippen molar-refractivity contribution in [2.24, 2.45) is 94.7 Å². The second-order valence-corrected chi connectivity index (χ2v) is 47.1. The van der Waals surface area contributed by atoms with Gasteiger partial charge < -0.3 is 52.1 Å². The zero-order valence-corrected chi connectivity index (χ0v) is 93.0. The maximum absolute atomic E-state index is 14.9. The topological polar surface area (TPSA) is 153 Å². The van der Waals surface area contributed by atoms with Crippen molar-refractivity contribution in [1.82, 2.24) is 0 Å². The number of benzene rings is 5. The van der Waals surface area contributed by atoms with E-state index in [1.807, 2.05) is 42.5 Å². The normalized spacial score (nSPS) is 16.5. The van der Waals surface area contributed by atoms with Crippen LogP contribution in [0.25, 0.3) is 0 Å². The Kier molecular flexibility index (Phi) is 69.1. The molecule has 15 heteroatoms. The number of rotatable bonds is 90. The molecule has 0 aliphatic carbocycles. The Labute approximate surface area is 853 Å². The van der Waals surface area contributed by atoms with Crippen molar-refractivity contribution in [3.05, 3.63) is 162 Å². The number of hydrogen-bond donors (Lipinski definition) is 0. The standard InChI is InChI=1S/C124H208O14S/c1-97(41-29-45-101(5)53-37-61-109(13)87-132-91-116-71-75-118(128-18)76-72-116)49-33-55-105(9)79-83-130-93-121(96-135-90-115-67-25-21-26-68-115)137-86-82-108(12)58-36-52-100(4)43-31-47-103(7)59-39-63-111(15)123(138-113(17)125)124(139(126,127)122-69-27-22-28-70-122)112(16)64-40-60-104(8)48-32-44-98(2)50-34-56-106(10)80-84-131-94-120(95-134-89-114-65-23-20-24-66-114)136-85-81-107(11)57-35-51-99(3)42-30-46-102(6)54-38-62-110(14)88-133-92-117-73-77-119(129-19)78-74-117/h20-28,65-78,97-112,120-121,123-124H,29-64,79-96H2,1-19H3/t97-,98-,99-,100-,101+,102+,103+,104+,105-,106-,107-,108-,109+,110+,111+,112+,120+,121+,123?,124?/m1/s1. The fourth-order valence-electron chi connectivity index (χ4n) is 20.3. The van der Waals surface area contributed by atoms with Crippen molar-refractivity contribution in [3.8, 4) is 11.5 Å². The van der Waals surface area contributed by atoms with Crippen LogP contribution < -0.4 is 9.47 Å². The minimum absolute atomic E-state index is 0.0877. The summed E-state index contributed by atoms with van der Waals surface area (Å²) in [7, 11) is -0.436. The third-order valence-electron chi connectivity index (χ3n) is 30.4. The van der Waals surface area contributed by atoms with E-state index in [0.717, 1.165) is 132 Å². The summed E-state index contributed by atoms with van der Waals surface area (Å²) in [5.74, 6) is 10.2. The Morgan fingerprint density at radius 2 is 0.482 bits per heavy atom. The van der Waals surface area contributed by atoms with Crippen molar-refractivity contribution < 1.29 is 65.3 Å². The van der Waals surface area contributed by atoms with E-state index in [2.05, 4.69) is 184 Å². The molecule has 5 aromatic carbocycles. The van der Waals surface area contributed by atoms with Crippen LogP contribution >= 0.6 is 0 Å². The molecule has 139 heavy (non-hydrogen) atoms. The molecule has 0 aliphatic rings. The summed E-state index contributed by atoms with van der Waals surface area (Å²) in [5.41, 5.74) is 4.73. The number of sulfone groups is 1. The van der Waals surface area contributed by atoms with E-state index in [1.54, 1.807) is 38.5 Å². The highest BCUT2D eigenvalue weighted by Gasteiger charge is 2.43. The molecule has 0 spiro atoms. The molecule has 0 saturated carbocycles. The third-order valence-corrected chi connectivity index (χ3v) is 32.7. The molecule has 14 nitrogen and oxygen atoms in total. The molecule has 0 radical (unpaired) electrons. The first-order valence-electron chi connectivity index (χ1n) is 56.6. The van der Waals surface area contributed by atoms with Crippen LogP contribution in [-0.2, 0) is 83.7 Å². The monoisotopic (exact) mass is 1950 g/mol. The lowest BCUT2D eigenvalue weighted by Gasteiger charge is -2.35. The van der Waals surface area contributed by atoms with Crippen LogP contribution in [0.1, 0.15) is 397 Å². The van der Waals surface area contributed by atoms with Gasteiger partial charge in [0.15, 0.2) is 9.84 Å². The van der Waals surface area contributed by atoms with Gasteiger partial charge >= 0.3 is 5.97 Å². The SMILES string of the molecule is COc1ccc(COC[C@@H](C)CCC[C@@H](C)CCC[C@@H](C)CCC[C@@H](C)CCOC[C@@H](COCc2ccccc2)OCC[C@H](C)CCC[C@H](C)CCC[C@H](C)CCC[C@H](C)C(OC(C)=O)C([C@@H](C)CCC[C@@H](C)CCC[C@@H](C)CCC[C@@H](C)CCOC[C@@H](COCc2ccccc2)OCC[C@H](C)CCC[C@H](C)CCC[C@H](C)CCC[C@H](C)COCc2ccc(OC)cc2)S(=O)(=O)c2ccccc2)cc1. The number of carbonyl (C=O) groups is 1. The zero-order chi connectivity index (χ0) is 101.